The number of methoxy groups -OCH3 is 1. The van der Waals surface area contributed by atoms with Crippen molar-refractivity contribution in [2.45, 2.75) is 63.3 Å². The van der Waals surface area contributed by atoms with Crippen LogP contribution in [-0.2, 0) is 15.6 Å². The van der Waals surface area contributed by atoms with Crippen LogP contribution in [0.1, 0.15) is 62.2 Å². The monoisotopic (exact) mass is 747 g/mol. The number of fused-ring (bicyclic) bond motifs is 3. The van der Waals surface area contributed by atoms with Gasteiger partial charge in [0.2, 0.25) is 0 Å². The number of nitrogens with one attached hydrogen (secondary N) is 2. The Morgan fingerprint density at radius 3 is 2.00 bits per heavy atom. The lowest BCUT2D eigenvalue weighted by Crippen LogP contribution is -2.67. The lowest BCUT2D eigenvalue weighted by molar-refractivity contribution is -0.0825. The van der Waals surface area contributed by atoms with Crippen LogP contribution in [0.15, 0.2) is 91.0 Å². The summed E-state index contributed by atoms with van der Waals surface area (Å²) in [5.74, 6) is -5.58. The Bertz CT molecular complexity index is 2000. The number of ether oxygens (including phenoxy) is 1. The van der Waals surface area contributed by atoms with Crippen LogP contribution in [0, 0.1) is 23.4 Å². The van der Waals surface area contributed by atoms with Crippen molar-refractivity contribution in [1.29, 1.82) is 0 Å². The van der Waals surface area contributed by atoms with Gasteiger partial charge in [-0.25, -0.2) is 22.0 Å². The quantitative estimate of drug-likeness (QED) is 0.106. The minimum Gasteiger partial charge on any atom is -0.401 e. The number of hydrogen-bond donors (Lipinski definition) is 2. The van der Waals surface area contributed by atoms with Gasteiger partial charge in [-0.2, -0.15) is 0 Å². The molecular weight excluding hydrogens is 702 g/mol. The maximum absolute atomic E-state index is 16.8. The molecule has 280 valence electrons. The third-order valence-corrected chi connectivity index (χ3v) is 16.1. The highest BCUT2D eigenvalue weighted by Crippen LogP contribution is 2.45. The van der Waals surface area contributed by atoms with Crippen LogP contribution >= 0.6 is 0 Å². The Morgan fingerprint density at radius 1 is 0.868 bits per heavy atom. The van der Waals surface area contributed by atoms with E-state index in [9.17, 15) is 4.39 Å². The fourth-order valence-electron chi connectivity index (χ4n) is 8.53. The number of H-pyrrole nitrogens is 1. The molecule has 3 heterocycles. The lowest BCUT2D eigenvalue weighted by atomic mass is 9.85. The van der Waals surface area contributed by atoms with Crippen molar-refractivity contribution in [1.82, 2.24) is 15.2 Å². The topological polar surface area (TPSA) is 49.5 Å². The second kappa shape index (κ2) is 14.4. The van der Waals surface area contributed by atoms with Crippen molar-refractivity contribution in [3.05, 3.63) is 131 Å². The molecule has 0 bridgehead atoms. The van der Waals surface area contributed by atoms with Crippen LogP contribution in [0.2, 0.25) is 5.04 Å². The number of halogens is 5. The zero-order valence-corrected chi connectivity index (χ0v) is 31.7. The molecule has 0 amide bonds. The minimum absolute atomic E-state index is 0.0419. The largest absolute Gasteiger partial charge is 0.401 e. The number of alkyl halides is 2. The summed E-state index contributed by atoms with van der Waals surface area (Å²) in [7, 11) is -1.83. The smallest absolute Gasteiger partial charge is 0.282 e. The van der Waals surface area contributed by atoms with Crippen molar-refractivity contribution in [2.75, 3.05) is 33.4 Å². The van der Waals surface area contributed by atoms with Gasteiger partial charge in [0.1, 0.15) is 17.5 Å². The lowest BCUT2D eigenvalue weighted by Gasteiger charge is -2.45. The van der Waals surface area contributed by atoms with Gasteiger partial charge in [-0.1, -0.05) is 81.4 Å². The van der Waals surface area contributed by atoms with Crippen molar-refractivity contribution < 1.29 is 31.1 Å². The average molecular weight is 748 g/mol. The van der Waals surface area contributed by atoms with Crippen LogP contribution in [0.5, 0.6) is 0 Å². The van der Waals surface area contributed by atoms with Gasteiger partial charge in [-0.05, 0) is 70.2 Å². The highest BCUT2D eigenvalue weighted by molar-refractivity contribution is 6.99. The van der Waals surface area contributed by atoms with Crippen LogP contribution in [0.4, 0.5) is 22.0 Å². The molecule has 5 aromatic rings. The second-order valence-electron chi connectivity index (χ2n) is 15.6. The van der Waals surface area contributed by atoms with Crippen LogP contribution in [0.3, 0.4) is 0 Å². The molecule has 5 nitrogen and oxygen atoms in total. The van der Waals surface area contributed by atoms with Crippen LogP contribution in [-0.4, -0.2) is 63.5 Å². The molecule has 7 rings (SSSR count). The third kappa shape index (κ3) is 6.87. The van der Waals surface area contributed by atoms with E-state index in [1.807, 2.05) is 81.4 Å². The summed E-state index contributed by atoms with van der Waals surface area (Å²) < 4.78 is 93.5. The summed E-state index contributed by atoms with van der Waals surface area (Å²) in [5.41, 5.74) is 1.57. The van der Waals surface area contributed by atoms with Gasteiger partial charge in [-0.3, -0.25) is 4.90 Å². The molecule has 0 saturated carbocycles. The molecular formula is C42H46F5N3O2Si. The SMILES string of the molecule is COC(c1cc(F)c(C2c3[nH]c4ccc(F)cc4c3CC(C)N2CC(F)(F)CO[Si](c2ccccc2)(c2ccccc2)C(C)(C)C)c(F)c1)C1CNC1. The van der Waals surface area contributed by atoms with E-state index >= 15 is 17.6 Å². The van der Waals surface area contributed by atoms with E-state index in [0.717, 1.165) is 10.4 Å². The Labute approximate surface area is 308 Å². The summed E-state index contributed by atoms with van der Waals surface area (Å²) in [6, 6.07) is 24.0. The Hall–Kier alpha value is -3.87. The molecule has 0 spiro atoms. The first-order valence-corrected chi connectivity index (χ1v) is 20.1. The molecule has 1 aromatic heterocycles. The number of hydrogen-bond acceptors (Lipinski definition) is 4. The van der Waals surface area contributed by atoms with Gasteiger partial charge in [0.25, 0.3) is 14.2 Å². The van der Waals surface area contributed by atoms with Gasteiger partial charge in [0, 0.05) is 54.3 Å². The molecule has 11 heteroatoms. The maximum atomic E-state index is 16.8. The van der Waals surface area contributed by atoms with Gasteiger partial charge in [0.15, 0.2) is 0 Å². The molecule has 0 radical (unpaired) electrons. The Balaban J connectivity index is 1.29. The van der Waals surface area contributed by atoms with Gasteiger partial charge in [0.05, 0.1) is 25.3 Å². The highest BCUT2D eigenvalue weighted by atomic mass is 28.4. The maximum Gasteiger partial charge on any atom is 0.282 e. The van der Waals surface area contributed by atoms with E-state index in [1.165, 1.54) is 36.3 Å². The average Bonchev–Trinajstić information content (AvgIpc) is 3.44. The van der Waals surface area contributed by atoms with Gasteiger partial charge < -0.3 is 19.5 Å². The number of rotatable bonds is 11. The van der Waals surface area contributed by atoms with Crippen molar-refractivity contribution >= 4 is 29.6 Å². The first-order valence-electron chi connectivity index (χ1n) is 18.1. The number of nitrogens with zero attached hydrogens (tertiary/aromatic N) is 1. The summed E-state index contributed by atoms with van der Waals surface area (Å²) in [4.78, 5) is 4.71. The Kier molecular flexibility index (Phi) is 10.2. The predicted molar refractivity (Wildman–Crippen MR) is 201 cm³/mol. The van der Waals surface area contributed by atoms with Crippen LogP contribution in [0.25, 0.3) is 10.9 Å². The molecule has 2 aliphatic heterocycles. The first kappa shape index (κ1) is 37.4. The fraction of sp³-hybridized carbons (Fsp3) is 0.381. The molecule has 1 saturated heterocycles. The zero-order valence-electron chi connectivity index (χ0n) is 30.7. The normalized spacial score (nSPS) is 19.3. The van der Waals surface area contributed by atoms with Crippen LogP contribution < -0.4 is 15.7 Å². The number of aromatic amines is 1. The molecule has 2 aliphatic rings. The van der Waals surface area contributed by atoms with Gasteiger partial charge >= 0.3 is 0 Å². The molecule has 4 aromatic carbocycles. The van der Waals surface area contributed by atoms with E-state index in [-0.39, 0.29) is 17.9 Å². The first-order chi connectivity index (χ1) is 25.2. The fourth-order valence-corrected chi connectivity index (χ4v) is 13.1. The number of benzene rings is 4. The number of aromatic nitrogens is 1. The summed E-state index contributed by atoms with van der Waals surface area (Å²) in [6.07, 6.45) is -0.270. The summed E-state index contributed by atoms with van der Waals surface area (Å²) in [5, 5.41) is 4.92. The zero-order chi connectivity index (χ0) is 37.7. The third-order valence-electron chi connectivity index (χ3n) is 11.1. The van der Waals surface area contributed by atoms with Crippen molar-refractivity contribution in [3.63, 3.8) is 0 Å². The predicted octanol–water partition coefficient (Wildman–Crippen LogP) is 8.04. The summed E-state index contributed by atoms with van der Waals surface area (Å²) >= 11 is 0. The van der Waals surface area contributed by atoms with Crippen molar-refractivity contribution in [3.8, 4) is 0 Å². The minimum atomic E-state index is -3.44. The molecule has 3 unspecified atom stereocenters. The second-order valence-corrected chi connectivity index (χ2v) is 19.9. The Morgan fingerprint density at radius 2 is 1.47 bits per heavy atom. The van der Waals surface area contributed by atoms with E-state index in [2.05, 4.69) is 10.3 Å². The molecule has 0 aliphatic carbocycles. The van der Waals surface area contributed by atoms with E-state index in [4.69, 9.17) is 9.16 Å². The molecule has 3 atom stereocenters. The molecule has 53 heavy (non-hydrogen) atoms. The molecule has 2 N–H and O–H groups in total. The van der Waals surface area contributed by atoms with E-state index < -0.39 is 68.1 Å². The highest BCUT2D eigenvalue weighted by Gasteiger charge is 2.53. The standard InChI is InChI=1S/C42H46F5N3O2Si/c1-26-18-33-32-21-29(43)16-17-36(32)49-38(33)39(37-34(44)19-27(20-35(37)45)40(51-5)28-22-48-23-28)50(26)24-42(46,47)25-52-53(41(2,3)4,30-12-8-6-9-13-30)31-14-10-7-11-15-31/h6-17,19-21,26,28,39-40,48-49H,18,22-25H2,1-5H3. The van der Waals surface area contributed by atoms with Gasteiger partial charge in [-0.15, -0.1) is 0 Å². The summed E-state index contributed by atoms with van der Waals surface area (Å²) in [6.45, 7) is 7.38. The van der Waals surface area contributed by atoms with Crippen molar-refractivity contribution in [2.24, 2.45) is 5.92 Å². The van der Waals surface area contributed by atoms with E-state index in [0.29, 0.717) is 40.8 Å². The molecule has 1 fully saturated rings. The van der Waals surface area contributed by atoms with E-state index in [1.54, 1.807) is 13.0 Å².